The molecule has 2 unspecified atom stereocenters. The van der Waals surface area contributed by atoms with Crippen molar-refractivity contribution in [2.24, 2.45) is 0 Å². The van der Waals surface area contributed by atoms with Gasteiger partial charge in [0.1, 0.15) is 23.4 Å². The van der Waals surface area contributed by atoms with Gasteiger partial charge in [-0.3, -0.25) is 9.59 Å². The molecule has 8 heteroatoms. The van der Waals surface area contributed by atoms with Crippen molar-refractivity contribution in [1.82, 2.24) is 15.5 Å². The maximum absolute atomic E-state index is 14.5. The van der Waals surface area contributed by atoms with E-state index in [1.54, 1.807) is 50.8 Å². The van der Waals surface area contributed by atoms with E-state index < -0.39 is 23.8 Å². The van der Waals surface area contributed by atoms with Gasteiger partial charge in [0, 0.05) is 19.0 Å². The minimum atomic E-state index is -0.938. The Morgan fingerprint density at radius 1 is 1.07 bits per heavy atom. The highest BCUT2D eigenvalue weighted by Gasteiger charge is 2.42. The molecule has 2 aromatic carbocycles. The van der Waals surface area contributed by atoms with E-state index >= 15 is 0 Å². The summed E-state index contributed by atoms with van der Waals surface area (Å²) in [6.07, 6.45) is 4.93. The lowest BCUT2D eigenvalue weighted by Gasteiger charge is -2.43. The number of benzene rings is 2. The maximum atomic E-state index is 14.5. The third-order valence-corrected chi connectivity index (χ3v) is 7.14. The van der Waals surface area contributed by atoms with Crippen molar-refractivity contribution in [2.45, 2.75) is 103 Å². The maximum Gasteiger partial charge on any atom is 0.408 e. The fourth-order valence-electron chi connectivity index (χ4n) is 4.83. The van der Waals surface area contributed by atoms with Gasteiger partial charge in [0.15, 0.2) is 0 Å². The van der Waals surface area contributed by atoms with Crippen LogP contribution in [-0.4, -0.2) is 52.1 Å². The van der Waals surface area contributed by atoms with Gasteiger partial charge in [-0.1, -0.05) is 56.2 Å². The van der Waals surface area contributed by atoms with Crippen molar-refractivity contribution in [2.75, 3.05) is 6.54 Å². The normalized spacial score (nSPS) is 14.9. The van der Waals surface area contributed by atoms with E-state index in [0.29, 0.717) is 17.7 Å². The Kier molecular flexibility index (Phi) is 11.0. The molecule has 0 aliphatic heterocycles. The van der Waals surface area contributed by atoms with Crippen LogP contribution in [-0.2, 0) is 20.7 Å². The number of rotatable bonds is 12. The molecule has 3 rings (SSSR count). The predicted octanol–water partition coefficient (Wildman–Crippen LogP) is 5.57. The predicted molar refractivity (Wildman–Crippen MR) is 156 cm³/mol. The number of nitrogens with one attached hydrogen (secondary N) is 2. The highest BCUT2D eigenvalue weighted by Crippen LogP contribution is 2.35. The van der Waals surface area contributed by atoms with Crippen LogP contribution in [0.15, 0.2) is 48.5 Å². The van der Waals surface area contributed by atoms with E-state index in [4.69, 9.17) is 4.74 Å². The molecule has 0 bridgehead atoms. The van der Waals surface area contributed by atoms with Crippen LogP contribution in [0.25, 0.3) is 0 Å². The van der Waals surface area contributed by atoms with Crippen molar-refractivity contribution in [3.8, 4) is 5.75 Å². The molecular weight excluding hydrogens is 506 g/mol. The fraction of sp³-hybridized carbons (Fsp3) is 0.531. The number of amides is 3. The number of hydrogen-bond acceptors (Lipinski definition) is 5. The van der Waals surface area contributed by atoms with Gasteiger partial charge in [-0.15, -0.1) is 0 Å². The highest BCUT2D eigenvalue weighted by molar-refractivity contribution is 5.92. The number of ether oxygens (including phenoxy) is 1. The molecule has 8 nitrogen and oxygen atoms in total. The molecule has 0 spiro atoms. The Labute approximate surface area is 238 Å². The molecule has 1 fully saturated rings. The van der Waals surface area contributed by atoms with Gasteiger partial charge in [0.05, 0.1) is 0 Å². The van der Waals surface area contributed by atoms with Crippen LogP contribution in [0.4, 0.5) is 4.79 Å². The lowest BCUT2D eigenvalue weighted by molar-refractivity contribution is -0.147. The van der Waals surface area contributed by atoms with Gasteiger partial charge in [-0.05, 0) is 82.2 Å². The Morgan fingerprint density at radius 3 is 2.35 bits per heavy atom. The van der Waals surface area contributed by atoms with Gasteiger partial charge < -0.3 is 25.4 Å². The number of phenolic OH excluding ortho intramolecular Hbond substituents is 1. The quantitative estimate of drug-likeness (QED) is 0.299. The number of hydrogen-bond donors (Lipinski definition) is 3. The highest BCUT2D eigenvalue weighted by atomic mass is 16.6. The van der Waals surface area contributed by atoms with Crippen molar-refractivity contribution < 1.29 is 24.2 Å². The van der Waals surface area contributed by atoms with E-state index in [-0.39, 0.29) is 30.0 Å². The Bertz CT molecular complexity index is 1140. The third-order valence-electron chi connectivity index (χ3n) is 7.14. The number of aryl methyl sites for hydroxylation is 1. The molecule has 1 aliphatic carbocycles. The van der Waals surface area contributed by atoms with E-state index in [2.05, 4.69) is 17.6 Å². The lowest BCUT2D eigenvalue weighted by atomic mass is 9.87. The third kappa shape index (κ3) is 8.73. The number of unbranched alkanes of at least 4 members (excludes halogenated alkanes) is 2. The number of aromatic hydroxyl groups is 1. The molecule has 40 heavy (non-hydrogen) atoms. The van der Waals surface area contributed by atoms with Crippen LogP contribution < -0.4 is 10.6 Å². The summed E-state index contributed by atoms with van der Waals surface area (Å²) in [4.78, 5) is 42.8. The van der Waals surface area contributed by atoms with Crippen molar-refractivity contribution >= 4 is 17.9 Å². The van der Waals surface area contributed by atoms with Crippen molar-refractivity contribution in [3.05, 3.63) is 65.2 Å². The minimum absolute atomic E-state index is 0.126. The summed E-state index contributed by atoms with van der Waals surface area (Å²) in [6, 6.07) is 12.5. The first-order valence-corrected chi connectivity index (χ1v) is 14.4. The van der Waals surface area contributed by atoms with Gasteiger partial charge >= 0.3 is 6.09 Å². The number of alkyl carbamates (subject to hydrolysis) is 1. The number of carbonyl (C=O) groups excluding carboxylic acids is 3. The number of carbonyl (C=O) groups is 3. The molecule has 2 aromatic rings. The summed E-state index contributed by atoms with van der Waals surface area (Å²) in [7, 11) is 0. The van der Waals surface area contributed by atoms with Crippen molar-refractivity contribution in [3.63, 3.8) is 0 Å². The smallest absolute Gasteiger partial charge is 0.408 e. The molecule has 3 N–H and O–H groups in total. The van der Waals surface area contributed by atoms with E-state index in [1.807, 2.05) is 30.3 Å². The molecule has 3 amide bonds. The second-order valence-electron chi connectivity index (χ2n) is 11.7. The van der Waals surface area contributed by atoms with E-state index in [1.165, 1.54) is 0 Å². The van der Waals surface area contributed by atoms with Crippen LogP contribution >= 0.6 is 0 Å². The van der Waals surface area contributed by atoms with Crippen LogP contribution in [0.2, 0.25) is 0 Å². The second-order valence-corrected chi connectivity index (χ2v) is 11.7. The molecule has 1 aliphatic rings. The Hall–Kier alpha value is -3.55. The SMILES string of the molecule is CCCCCNC(=O)C(c1ccc(O)c(C)c1)N(C(=O)C(Cc1ccccc1)NC(=O)OC(C)(C)C)C1CCC1. The molecular formula is C32H45N3O5. The Balaban J connectivity index is 2.01. The molecule has 0 heterocycles. The summed E-state index contributed by atoms with van der Waals surface area (Å²) < 4.78 is 5.51. The van der Waals surface area contributed by atoms with E-state index in [0.717, 1.165) is 44.1 Å². The summed E-state index contributed by atoms with van der Waals surface area (Å²) in [6.45, 7) is 9.70. The standard InChI is InChI=1S/C32H45N3O5/c1-6-7-11-19-33-29(37)28(24-17-18-27(36)22(2)20-24)35(25-15-12-16-25)30(38)26(21-23-13-9-8-10-14-23)34-31(39)40-32(3,4)5/h8-10,13-14,17-18,20,25-26,28,36H,6-7,11-12,15-16,19,21H2,1-5H3,(H,33,37)(H,34,39). The largest absolute Gasteiger partial charge is 0.508 e. The topological polar surface area (TPSA) is 108 Å². The van der Waals surface area contributed by atoms with Crippen LogP contribution in [0, 0.1) is 6.92 Å². The molecule has 2 atom stereocenters. The van der Waals surface area contributed by atoms with E-state index in [9.17, 15) is 19.5 Å². The molecule has 1 saturated carbocycles. The first-order chi connectivity index (χ1) is 19.0. The minimum Gasteiger partial charge on any atom is -0.508 e. The zero-order valence-corrected chi connectivity index (χ0v) is 24.5. The molecule has 218 valence electrons. The van der Waals surface area contributed by atoms with Crippen LogP contribution in [0.1, 0.15) is 89.0 Å². The number of nitrogens with zero attached hydrogens (tertiary/aromatic N) is 1. The monoisotopic (exact) mass is 551 g/mol. The molecule has 0 radical (unpaired) electrons. The first-order valence-electron chi connectivity index (χ1n) is 14.4. The van der Waals surface area contributed by atoms with Crippen LogP contribution in [0.5, 0.6) is 5.75 Å². The average molecular weight is 552 g/mol. The zero-order valence-electron chi connectivity index (χ0n) is 24.5. The van der Waals surface area contributed by atoms with Gasteiger partial charge in [-0.25, -0.2) is 4.79 Å². The summed E-state index contributed by atoms with van der Waals surface area (Å²) in [5, 5.41) is 16.0. The first kappa shape index (κ1) is 31.0. The summed E-state index contributed by atoms with van der Waals surface area (Å²) in [5.41, 5.74) is 1.39. The van der Waals surface area contributed by atoms with Crippen molar-refractivity contribution in [1.29, 1.82) is 0 Å². The van der Waals surface area contributed by atoms with Crippen LogP contribution in [0.3, 0.4) is 0 Å². The molecule has 0 saturated heterocycles. The summed E-state index contributed by atoms with van der Waals surface area (Å²) >= 11 is 0. The lowest BCUT2D eigenvalue weighted by Crippen LogP contribution is -2.58. The second kappa shape index (κ2) is 14.2. The summed E-state index contributed by atoms with van der Waals surface area (Å²) in [5.74, 6) is -0.475. The zero-order chi connectivity index (χ0) is 29.3. The van der Waals surface area contributed by atoms with Gasteiger partial charge in [-0.2, -0.15) is 0 Å². The van der Waals surface area contributed by atoms with Gasteiger partial charge in [0.25, 0.3) is 0 Å². The van der Waals surface area contributed by atoms with Gasteiger partial charge in [0.2, 0.25) is 11.8 Å². The average Bonchev–Trinajstić information content (AvgIpc) is 2.86. The molecule has 0 aromatic heterocycles. The Morgan fingerprint density at radius 2 is 1.77 bits per heavy atom. The fourth-order valence-corrected chi connectivity index (χ4v) is 4.83. The number of phenols is 1.